The van der Waals surface area contributed by atoms with Crippen molar-refractivity contribution in [1.82, 2.24) is 8.87 Å². The molecule has 29 heavy (non-hydrogen) atoms. The Hall–Kier alpha value is -2.22. The molecule has 0 N–H and O–H groups in total. The molecular weight excluding hydrogens is 402 g/mol. The van der Waals surface area contributed by atoms with E-state index in [9.17, 15) is 8.42 Å². The van der Waals surface area contributed by atoms with E-state index in [4.69, 9.17) is 4.99 Å². The van der Waals surface area contributed by atoms with Gasteiger partial charge in [-0.15, -0.1) is 11.3 Å². The van der Waals surface area contributed by atoms with Crippen LogP contribution in [0.2, 0.25) is 0 Å². The highest BCUT2D eigenvalue weighted by Crippen LogP contribution is 2.26. The van der Waals surface area contributed by atoms with Crippen molar-refractivity contribution >= 4 is 27.0 Å². The van der Waals surface area contributed by atoms with Crippen molar-refractivity contribution in [3.8, 4) is 11.3 Å². The Kier molecular flexibility index (Phi) is 6.12. The Balaban J connectivity index is 2.05. The average Bonchev–Trinajstić information content (AvgIpc) is 3.02. The molecule has 0 spiro atoms. The number of thiazole rings is 1. The number of hydrogen-bond donors (Lipinski definition) is 0. The first kappa shape index (κ1) is 21.5. The molecule has 5 nitrogen and oxygen atoms in total. The van der Waals surface area contributed by atoms with Crippen LogP contribution in [0.4, 0.5) is 5.69 Å². The second-order valence-corrected chi connectivity index (χ2v) is 10.6. The minimum Gasteiger partial charge on any atom is -0.320 e. The predicted octanol–water partition coefficient (Wildman–Crippen LogP) is 4.67. The normalized spacial score (nSPS) is 12.9. The first-order valence-corrected chi connectivity index (χ1v) is 11.8. The fraction of sp³-hybridized carbons (Fsp3) is 0.318. The quantitative estimate of drug-likeness (QED) is 0.592. The lowest BCUT2D eigenvalue weighted by Gasteiger charge is -2.13. The van der Waals surface area contributed by atoms with Gasteiger partial charge in [0.15, 0.2) is 4.80 Å². The van der Waals surface area contributed by atoms with Crippen molar-refractivity contribution in [2.24, 2.45) is 12.0 Å². The molecule has 0 amide bonds. The third-order valence-electron chi connectivity index (χ3n) is 4.83. The van der Waals surface area contributed by atoms with Gasteiger partial charge in [-0.05, 0) is 54.3 Å². The summed E-state index contributed by atoms with van der Waals surface area (Å²) in [6.07, 6.45) is 0. The highest BCUT2D eigenvalue weighted by Gasteiger charge is 2.19. The lowest BCUT2D eigenvalue weighted by atomic mass is 10.0. The number of rotatable bonds is 5. The molecule has 2 aromatic carbocycles. The molecule has 0 atom stereocenters. The molecule has 0 fully saturated rings. The molecule has 3 aromatic rings. The highest BCUT2D eigenvalue weighted by atomic mass is 32.2. The van der Waals surface area contributed by atoms with Gasteiger partial charge >= 0.3 is 0 Å². The maximum atomic E-state index is 12.6. The minimum atomic E-state index is -3.49. The van der Waals surface area contributed by atoms with E-state index < -0.39 is 10.0 Å². The van der Waals surface area contributed by atoms with Gasteiger partial charge in [-0.1, -0.05) is 26.0 Å². The third kappa shape index (κ3) is 4.52. The monoisotopic (exact) mass is 429 g/mol. The summed E-state index contributed by atoms with van der Waals surface area (Å²) in [5.74, 6) is 0.488. The highest BCUT2D eigenvalue weighted by molar-refractivity contribution is 7.89. The van der Waals surface area contributed by atoms with Crippen LogP contribution in [0.1, 0.15) is 30.9 Å². The molecule has 154 valence electrons. The van der Waals surface area contributed by atoms with Crippen LogP contribution in [0.15, 0.2) is 57.7 Å². The third-order valence-corrected chi connectivity index (χ3v) is 7.54. The van der Waals surface area contributed by atoms with Gasteiger partial charge in [0.25, 0.3) is 0 Å². The van der Waals surface area contributed by atoms with Gasteiger partial charge in [0.2, 0.25) is 10.0 Å². The molecule has 0 bridgehead atoms. The second kappa shape index (κ2) is 8.26. The number of aromatic nitrogens is 1. The number of nitrogens with zero attached hydrogens (tertiary/aromatic N) is 3. The summed E-state index contributed by atoms with van der Waals surface area (Å²) in [5.41, 5.74) is 4.89. The summed E-state index contributed by atoms with van der Waals surface area (Å²) in [7, 11) is 1.55. The second-order valence-electron chi connectivity index (χ2n) is 7.64. The molecule has 1 heterocycles. The topological polar surface area (TPSA) is 54.7 Å². The van der Waals surface area contributed by atoms with Crippen molar-refractivity contribution in [3.63, 3.8) is 0 Å². The van der Waals surface area contributed by atoms with Gasteiger partial charge in [0.1, 0.15) is 0 Å². The summed E-state index contributed by atoms with van der Waals surface area (Å²) < 4.78 is 28.4. The van der Waals surface area contributed by atoms with Crippen LogP contribution in [0, 0.1) is 6.92 Å². The SMILES string of the molecule is Cc1cc(-c2csc(=Nc3ccc(C(C)C)cc3)n2C)cc(S(=O)(=O)N(C)C)c1. The van der Waals surface area contributed by atoms with E-state index in [1.807, 2.05) is 42.1 Å². The van der Waals surface area contributed by atoms with Gasteiger partial charge in [-0.25, -0.2) is 17.7 Å². The van der Waals surface area contributed by atoms with E-state index in [1.165, 1.54) is 21.2 Å². The summed E-state index contributed by atoms with van der Waals surface area (Å²) in [5, 5.41) is 2.02. The Morgan fingerprint density at radius 2 is 1.72 bits per heavy atom. The molecule has 0 saturated carbocycles. The van der Waals surface area contributed by atoms with Gasteiger partial charge in [0.05, 0.1) is 16.3 Å². The van der Waals surface area contributed by atoms with E-state index >= 15 is 0 Å². The van der Waals surface area contributed by atoms with Crippen molar-refractivity contribution in [3.05, 3.63) is 63.8 Å². The molecule has 0 saturated heterocycles. The molecule has 0 unspecified atom stereocenters. The minimum absolute atomic E-state index is 0.298. The van der Waals surface area contributed by atoms with Gasteiger partial charge < -0.3 is 4.57 Å². The number of sulfonamides is 1. The zero-order chi connectivity index (χ0) is 21.3. The molecule has 0 aliphatic rings. The van der Waals surface area contributed by atoms with E-state index in [1.54, 1.807) is 26.2 Å². The Morgan fingerprint density at radius 3 is 2.31 bits per heavy atom. The van der Waals surface area contributed by atoms with Crippen molar-refractivity contribution in [2.75, 3.05) is 14.1 Å². The standard InChI is InChI=1S/C22H27N3O2S2/c1-15(2)17-7-9-19(10-8-17)23-22-25(6)21(14-28-22)18-11-16(3)12-20(13-18)29(26,27)24(4)5/h7-15H,1-6H3. The summed E-state index contributed by atoms with van der Waals surface area (Å²) in [4.78, 5) is 5.92. The Morgan fingerprint density at radius 1 is 1.07 bits per heavy atom. The Labute approximate surface area is 177 Å². The van der Waals surface area contributed by atoms with Gasteiger partial charge in [-0.2, -0.15) is 0 Å². The van der Waals surface area contributed by atoms with Crippen LogP contribution in [0.5, 0.6) is 0 Å². The van der Waals surface area contributed by atoms with E-state index in [-0.39, 0.29) is 0 Å². The predicted molar refractivity (Wildman–Crippen MR) is 120 cm³/mol. The van der Waals surface area contributed by atoms with Crippen LogP contribution in [-0.2, 0) is 17.1 Å². The van der Waals surface area contributed by atoms with Crippen LogP contribution in [0.25, 0.3) is 11.3 Å². The van der Waals surface area contributed by atoms with Crippen LogP contribution in [0.3, 0.4) is 0 Å². The van der Waals surface area contributed by atoms with Crippen molar-refractivity contribution in [1.29, 1.82) is 0 Å². The van der Waals surface area contributed by atoms with E-state index in [0.29, 0.717) is 10.8 Å². The van der Waals surface area contributed by atoms with Crippen molar-refractivity contribution < 1.29 is 8.42 Å². The summed E-state index contributed by atoms with van der Waals surface area (Å²) in [6.45, 7) is 6.25. The van der Waals surface area contributed by atoms with Crippen LogP contribution >= 0.6 is 11.3 Å². The van der Waals surface area contributed by atoms with Gasteiger partial charge in [-0.3, -0.25) is 0 Å². The maximum absolute atomic E-state index is 12.6. The van der Waals surface area contributed by atoms with E-state index in [2.05, 4.69) is 26.0 Å². The lowest BCUT2D eigenvalue weighted by Crippen LogP contribution is -2.22. The molecular formula is C22H27N3O2S2. The summed E-state index contributed by atoms with van der Waals surface area (Å²) >= 11 is 1.54. The molecule has 0 aliphatic heterocycles. The first-order chi connectivity index (χ1) is 13.6. The molecule has 0 aliphatic carbocycles. The molecule has 0 radical (unpaired) electrons. The first-order valence-electron chi connectivity index (χ1n) is 9.43. The zero-order valence-corrected chi connectivity index (χ0v) is 19.3. The molecule has 3 rings (SSSR count). The number of aryl methyl sites for hydroxylation is 1. The van der Waals surface area contributed by atoms with Crippen LogP contribution < -0.4 is 4.80 Å². The maximum Gasteiger partial charge on any atom is 0.242 e. The molecule has 7 heteroatoms. The van der Waals surface area contributed by atoms with Crippen molar-refractivity contribution in [2.45, 2.75) is 31.6 Å². The zero-order valence-electron chi connectivity index (χ0n) is 17.7. The molecule has 1 aromatic heterocycles. The number of benzene rings is 2. The van der Waals surface area contributed by atoms with Gasteiger partial charge in [0, 0.05) is 32.1 Å². The number of hydrogen-bond acceptors (Lipinski definition) is 4. The smallest absolute Gasteiger partial charge is 0.242 e. The fourth-order valence-corrected chi connectivity index (χ4v) is 4.99. The average molecular weight is 430 g/mol. The van der Waals surface area contributed by atoms with E-state index in [0.717, 1.165) is 27.3 Å². The largest absolute Gasteiger partial charge is 0.320 e. The fourth-order valence-electron chi connectivity index (χ4n) is 3.03. The van der Waals surface area contributed by atoms with Crippen LogP contribution in [-0.4, -0.2) is 31.4 Å². The summed E-state index contributed by atoms with van der Waals surface area (Å²) in [6, 6.07) is 13.7. The lowest BCUT2D eigenvalue weighted by molar-refractivity contribution is 0.520. The Bertz CT molecular complexity index is 1190.